The lowest BCUT2D eigenvalue weighted by molar-refractivity contribution is -0.384. The molecule has 0 aliphatic carbocycles. The van der Waals surface area contributed by atoms with Crippen molar-refractivity contribution in [3.63, 3.8) is 0 Å². The number of rotatable bonds is 3. The second kappa shape index (κ2) is 6.54. The number of carbonyl (C=O) groups excluding carboxylic acids is 1. The quantitative estimate of drug-likeness (QED) is 0.444. The predicted molar refractivity (Wildman–Crippen MR) is 88.0 cm³/mol. The zero-order valence-corrected chi connectivity index (χ0v) is 13.8. The van der Waals surface area contributed by atoms with Crippen LogP contribution in [0.5, 0.6) is 0 Å². The number of halogens is 3. The summed E-state index contributed by atoms with van der Waals surface area (Å²) in [5.41, 5.74) is -0.402. The number of nitro benzene ring substituents is 1. The van der Waals surface area contributed by atoms with Gasteiger partial charge in [0.1, 0.15) is 5.82 Å². The number of carbonyl (C=O) groups is 1. The molecule has 0 fully saturated rings. The molecule has 0 spiro atoms. The molecule has 0 atom stereocenters. The molecule has 1 aromatic carbocycles. The van der Waals surface area contributed by atoms with Crippen molar-refractivity contribution in [2.45, 2.75) is 0 Å². The van der Waals surface area contributed by atoms with Gasteiger partial charge in [-0.05, 0) is 34.7 Å². The van der Waals surface area contributed by atoms with Gasteiger partial charge in [-0.2, -0.15) is 0 Å². The van der Waals surface area contributed by atoms with Crippen molar-refractivity contribution < 1.29 is 9.72 Å². The van der Waals surface area contributed by atoms with E-state index in [2.05, 4.69) is 32.9 Å². The van der Waals surface area contributed by atoms with Gasteiger partial charge in [-0.25, -0.2) is 4.98 Å². The van der Waals surface area contributed by atoms with Crippen LogP contribution in [0.2, 0.25) is 10.0 Å². The standard InChI is InChI=1S/C12H6Cl2IN3O3/c13-9-4-7(18(20)21)3-8(11(9)14)12(19)17-10-2-1-6(15)5-16-10/h1-5H,(H,16,17,19). The van der Waals surface area contributed by atoms with E-state index in [1.165, 1.54) is 0 Å². The first kappa shape index (κ1) is 15.9. The summed E-state index contributed by atoms with van der Waals surface area (Å²) in [6, 6.07) is 5.51. The molecule has 1 amide bonds. The lowest BCUT2D eigenvalue weighted by atomic mass is 10.2. The molecule has 0 saturated heterocycles. The van der Waals surface area contributed by atoms with Crippen LogP contribution >= 0.6 is 45.8 Å². The molecule has 21 heavy (non-hydrogen) atoms. The van der Waals surface area contributed by atoms with E-state index in [1.807, 2.05) is 0 Å². The van der Waals surface area contributed by atoms with Gasteiger partial charge in [0, 0.05) is 21.9 Å². The van der Waals surface area contributed by atoms with Crippen molar-refractivity contribution in [1.82, 2.24) is 4.98 Å². The van der Waals surface area contributed by atoms with Gasteiger partial charge in [0.15, 0.2) is 0 Å². The van der Waals surface area contributed by atoms with Crippen molar-refractivity contribution in [2.75, 3.05) is 5.32 Å². The lowest BCUT2D eigenvalue weighted by Gasteiger charge is -2.07. The van der Waals surface area contributed by atoms with Gasteiger partial charge in [-0.3, -0.25) is 14.9 Å². The zero-order chi connectivity index (χ0) is 15.6. The topological polar surface area (TPSA) is 85.1 Å². The normalized spacial score (nSPS) is 10.2. The highest BCUT2D eigenvalue weighted by atomic mass is 127. The Bertz CT molecular complexity index is 722. The fourth-order valence-corrected chi connectivity index (χ4v) is 2.21. The second-order valence-corrected chi connectivity index (χ2v) is 5.89. The van der Waals surface area contributed by atoms with Crippen LogP contribution in [0.4, 0.5) is 11.5 Å². The Morgan fingerprint density at radius 1 is 1.33 bits per heavy atom. The van der Waals surface area contributed by atoms with Gasteiger partial charge in [-0.15, -0.1) is 0 Å². The average molecular weight is 438 g/mol. The predicted octanol–water partition coefficient (Wildman–Crippen LogP) is 4.15. The number of pyridine rings is 1. The van der Waals surface area contributed by atoms with E-state index in [0.717, 1.165) is 15.7 Å². The lowest BCUT2D eigenvalue weighted by Crippen LogP contribution is -2.14. The SMILES string of the molecule is O=C(Nc1ccc(I)cn1)c1cc([N+](=O)[O-])cc(Cl)c1Cl. The molecule has 1 aromatic heterocycles. The van der Waals surface area contributed by atoms with E-state index in [0.29, 0.717) is 5.82 Å². The number of amides is 1. The number of non-ortho nitro benzene ring substituents is 1. The Labute approximate surface area is 142 Å². The molecule has 9 heteroatoms. The Morgan fingerprint density at radius 3 is 2.62 bits per heavy atom. The van der Waals surface area contributed by atoms with Crippen LogP contribution in [0.1, 0.15) is 10.4 Å². The number of hydrogen-bond acceptors (Lipinski definition) is 4. The van der Waals surface area contributed by atoms with Gasteiger partial charge in [-0.1, -0.05) is 23.2 Å². The first-order valence-electron chi connectivity index (χ1n) is 5.45. The summed E-state index contributed by atoms with van der Waals surface area (Å²) < 4.78 is 0.905. The Kier molecular flexibility index (Phi) is 4.96. The number of nitrogens with zero attached hydrogens (tertiary/aromatic N) is 2. The highest BCUT2D eigenvalue weighted by Crippen LogP contribution is 2.31. The second-order valence-electron chi connectivity index (χ2n) is 3.86. The third-order valence-electron chi connectivity index (χ3n) is 2.44. The first-order chi connectivity index (χ1) is 9.88. The molecule has 0 unspecified atom stereocenters. The summed E-state index contributed by atoms with van der Waals surface area (Å²) in [6.07, 6.45) is 1.57. The van der Waals surface area contributed by atoms with Crippen molar-refractivity contribution in [3.8, 4) is 0 Å². The van der Waals surface area contributed by atoms with Gasteiger partial charge >= 0.3 is 0 Å². The minimum absolute atomic E-state index is 0.0507. The molecule has 6 nitrogen and oxygen atoms in total. The van der Waals surface area contributed by atoms with E-state index in [4.69, 9.17) is 23.2 Å². The summed E-state index contributed by atoms with van der Waals surface area (Å²) in [6.45, 7) is 0. The maximum absolute atomic E-state index is 12.1. The van der Waals surface area contributed by atoms with Crippen molar-refractivity contribution in [2.24, 2.45) is 0 Å². The zero-order valence-electron chi connectivity index (χ0n) is 10.1. The number of hydrogen-bond donors (Lipinski definition) is 1. The third kappa shape index (κ3) is 3.80. The van der Waals surface area contributed by atoms with E-state index >= 15 is 0 Å². The maximum Gasteiger partial charge on any atom is 0.271 e. The smallest absolute Gasteiger partial charge is 0.271 e. The van der Waals surface area contributed by atoms with Gasteiger partial charge in [0.05, 0.1) is 20.5 Å². The molecule has 0 radical (unpaired) electrons. The molecule has 2 aromatic rings. The molecule has 0 bridgehead atoms. The fourth-order valence-electron chi connectivity index (χ4n) is 1.48. The number of anilines is 1. The molecule has 0 aliphatic heterocycles. The molecular weight excluding hydrogens is 432 g/mol. The van der Waals surface area contributed by atoms with Crippen molar-refractivity contribution in [3.05, 3.63) is 59.8 Å². The van der Waals surface area contributed by atoms with E-state index in [-0.39, 0.29) is 21.3 Å². The number of benzene rings is 1. The third-order valence-corrected chi connectivity index (χ3v) is 3.88. The van der Waals surface area contributed by atoms with Crippen LogP contribution in [0.3, 0.4) is 0 Å². The fraction of sp³-hybridized carbons (Fsp3) is 0. The van der Waals surface area contributed by atoms with E-state index < -0.39 is 10.8 Å². The highest BCUT2D eigenvalue weighted by Gasteiger charge is 2.19. The van der Waals surface area contributed by atoms with Gasteiger partial charge in [0.2, 0.25) is 0 Å². The number of nitro groups is 1. The van der Waals surface area contributed by atoms with Gasteiger partial charge in [0.25, 0.3) is 11.6 Å². The maximum atomic E-state index is 12.1. The first-order valence-corrected chi connectivity index (χ1v) is 7.28. The summed E-state index contributed by atoms with van der Waals surface area (Å²) in [7, 11) is 0. The number of nitrogens with one attached hydrogen (secondary N) is 1. The molecule has 1 N–H and O–H groups in total. The van der Waals surface area contributed by atoms with E-state index in [9.17, 15) is 14.9 Å². The van der Waals surface area contributed by atoms with Crippen LogP contribution in [-0.2, 0) is 0 Å². The summed E-state index contributed by atoms with van der Waals surface area (Å²) >= 11 is 13.8. The average Bonchev–Trinajstić information content (AvgIpc) is 2.43. The molecule has 0 saturated carbocycles. The van der Waals surface area contributed by atoms with Crippen LogP contribution < -0.4 is 5.32 Å². The number of aromatic nitrogens is 1. The Balaban J connectivity index is 2.34. The van der Waals surface area contributed by atoms with Crippen molar-refractivity contribution >= 4 is 63.2 Å². The molecular formula is C12H6Cl2IN3O3. The Hall–Kier alpha value is -1.45. The molecule has 1 heterocycles. The van der Waals surface area contributed by atoms with Crippen LogP contribution in [0.15, 0.2) is 30.5 Å². The minimum Gasteiger partial charge on any atom is -0.307 e. The van der Waals surface area contributed by atoms with Crippen LogP contribution in [0.25, 0.3) is 0 Å². The monoisotopic (exact) mass is 437 g/mol. The molecule has 2 rings (SSSR count). The van der Waals surface area contributed by atoms with Crippen LogP contribution in [-0.4, -0.2) is 15.8 Å². The summed E-state index contributed by atoms with van der Waals surface area (Å²) in [5.74, 6) is -0.321. The highest BCUT2D eigenvalue weighted by molar-refractivity contribution is 14.1. The van der Waals surface area contributed by atoms with Gasteiger partial charge < -0.3 is 5.32 Å². The largest absolute Gasteiger partial charge is 0.307 e. The van der Waals surface area contributed by atoms with Crippen molar-refractivity contribution in [1.29, 1.82) is 0 Å². The molecule has 108 valence electrons. The molecule has 0 aliphatic rings. The summed E-state index contributed by atoms with van der Waals surface area (Å²) in [4.78, 5) is 26.3. The Morgan fingerprint density at radius 2 is 2.05 bits per heavy atom. The summed E-state index contributed by atoms with van der Waals surface area (Å²) in [5, 5.41) is 13.2. The minimum atomic E-state index is -0.651. The van der Waals surface area contributed by atoms with Crippen LogP contribution in [0, 0.1) is 13.7 Å². The van der Waals surface area contributed by atoms with E-state index in [1.54, 1.807) is 18.3 Å².